The van der Waals surface area contributed by atoms with E-state index in [2.05, 4.69) is 39.2 Å². The Morgan fingerprint density at radius 2 is 1.81 bits per heavy atom. The Morgan fingerprint density at radius 3 is 2.44 bits per heavy atom. The normalized spacial score (nSPS) is 14.4. The third kappa shape index (κ3) is 5.08. The minimum Gasteiger partial charge on any atom is -0.399 e. The molecule has 1 aliphatic heterocycles. The fourth-order valence-corrected chi connectivity index (χ4v) is 3.03. The molecule has 0 spiro atoms. The predicted octanol–water partition coefficient (Wildman–Crippen LogP) is 2.78. The van der Waals surface area contributed by atoms with E-state index in [1.54, 1.807) is 23.2 Å². The van der Waals surface area contributed by atoms with Gasteiger partial charge in [-0.15, -0.1) is 0 Å². The summed E-state index contributed by atoms with van der Waals surface area (Å²) in [5.41, 5.74) is 3.84. The van der Waals surface area contributed by atoms with E-state index in [9.17, 15) is 4.79 Å². The largest absolute Gasteiger partial charge is 0.399 e. The van der Waals surface area contributed by atoms with Gasteiger partial charge in [0, 0.05) is 37.9 Å². The number of oxime groups is 1. The quantitative estimate of drug-likeness (QED) is 0.582. The Morgan fingerprint density at radius 1 is 1.15 bits per heavy atom. The summed E-state index contributed by atoms with van der Waals surface area (Å²) in [4.78, 5) is 21.3. The zero-order chi connectivity index (χ0) is 19.1. The van der Waals surface area contributed by atoms with Gasteiger partial charge in [0.15, 0.2) is 0 Å². The molecule has 0 saturated carbocycles. The molecule has 0 N–H and O–H groups in total. The number of morpholine rings is 1. The zero-order valence-electron chi connectivity index (χ0n) is 15.8. The average molecular weight is 367 g/mol. The van der Waals surface area contributed by atoms with E-state index < -0.39 is 0 Å². The molecule has 1 amide bonds. The van der Waals surface area contributed by atoms with Crippen molar-refractivity contribution in [1.29, 1.82) is 0 Å². The van der Waals surface area contributed by atoms with Crippen molar-refractivity contribution in [2.45, 2.75) is 6.54 Å². The summed E-state index contributed by atoms with van der Waals surface area (Å²) in [7, 11) is 3.31. The van der Waals surface area contributed by atoms with Crippen LogP contribution in [0.1, 0.15) is 21.5 Å². The van der Waals surface area contributed by atoms with Crippen molar-refractivity contribution in [3.8, 4) is 0 Å². The van der Waals surface area contributed by atoms with E-state index >= 15 is 0 Å². The summed E-state index contributed by atoms with van der Waals surface area (Å²) in [6, 6.07) is 15.7. The molecule has 1 aliphatic rings. The van der Waals surface area contributed by atoms with Crippen LogP contribution in [-0.4, -0.2) is 57.5 Å². The Bertz CT molecular complexity index is 766. The maximum absolute atomic E-state index is 12.6. The van der Waals surface area contributed by atoms with Crippen LogP contribution in [0.15, 0.2) is 53.7 Å². The molecule has 3 rings (SSSR count). The van der Waals surface area contributed by atoms with E-state index in [0.29, 0.717) is 12.1 Å². The Kier molecular flexibility index (Phi) is 6.44. The minimum atomic E-state index is -0.0116. The van der Waals surface area contributed by atoms with Crippen molar-refractivity contribution < 1.29 is 14.4 Å². The molecule has 1 saturated heterocycles. The number of benzene rings is 2. The second-order valence-corrected chi connectivity index (χ2v) is 6.47. The molecule has 2 aromatic carbocycles. The van der Waals surface area contributed by atoms with Crippen molar-refractivity contribution >= 4 is 17.8 Å². The summed E-state index contributed by atoms with van der Waals surface area (Å²) in [6.45, 7) is 3.95. The number of hydrogen-bond donors (Lipinski definition) is 0. The van der Waals surface area contributed by atoms with Gasteiger partial charge in [-0.1, -0.05) is 29.4 Å². The second-order valence-electron chi connectivity index (χ2n) is 6.47. The number of carbonyl (C=O) groups excluding carboxylic acids is 1. The van der Waals surface area contributed by atoms with E-state index in [1.807, 2.05) is 19.2 Å². The molecule has 0 unspecified atom stereocenters. The van der Waals surface area contributed by atoms with E-state index in [0.717, 1.165) is 37.4 Å². The molecular formula is C21H25N3O3. The second kappa shape index (κ2) is 9.19. The summed E-state index contributed by atoms with van der Waals surface area (Å²) in [5, 5.41) is 3.72. The van der Waals surface area contributed by atoms with Crippen molar-refractivity contribution in [3.63, 3.8) is 0 Å². The van der Waals surface area contributed by atoms with Crippen LogP contribution in [0.2, 0.25) is 0 Å². The first kappa shape index (κ1) is 18.9. The monoisotopic (exact) mass is 367 g/mol. The zero-order valence-corrected chi connectivity index (χ0v) is 15.8. The van der Waals surface area contributed by atoms with Gasteiger partial charge in [0.1, 0.15) is 7.11 Å². The van der Waals surface area contributed by atoms with Gasteiger partial charge in [0.2, 0.25) is 0 Å². The maximum Gasteiger partial charge on any atom is 0.253 e. The molecule has 0 bridgehead atoms. The van der Waals surface area contributed by atoms with Gasteiger partial charge < -0.3 is 19.4 Å². The van der Waals surface area contributed by atoms with Crippen LogP contribution in [0.5, 0.6) is 0 Å². The first-order valence-corrected chi connectivity index (χ1v) is 9.01. The third-order valence-corrected chi connectivity index (χ3v) is 4.54. The fourth-order valence-electron chi connectivity index (χ4n) is 3.03. The molecule has 2 aromatic rings. The van der Waals surface area contributed by atoms with Crippen molar-refractivity contribution in [2.24, 2.45) is 5.16 Å². The lowest BCUT2D eigenvalue weighted by molar-refractivity contribution is 0.0785. The highest BCUT2D eigenvalue weighted by Crippen LogP contribution is 2.18. The molecule has 142 valence electrons. The molecule has 6 heteroatoms. The Hall–Kier alpha value is -2.86. The SMILES string of the molecule is CO/N=C/c1ccc(C(=O)N(C)Cc2ccc(N3CCOCC3)cc2)cc1. The topological polar surface area (TPSA) is 54.4 Å². The number of anilines is 1. The highest BCUT2D eigenvalue weighted by Gasteiger charge is 2.13. The van der Waals surface area contributed by atoms with Crippen LogP contribution in [0.25, 0.3) is 0 Å². The number of ether oxygens (including phenoxy) is 1. The van der Waals surface area contributed by atoms with E-state index in [-0.39, 0.29) is 5.91 Å². The molecule has 0 aliphatic carbocycles. The third-order valence-electron chi connectivity index (χ3n) is 4.54. The number of hydrogen-bond acceptors (Lipinski definition) is 5. The van der Waals surface area contributed by atoms with Gasteiger partial charge in [-0.3, -0.25) is 4.79 Å². The van der Waals surface area contributed by atoms with Crippen LogP contribution >= 0.6 is 0 Å². The van der Waals surface area contributed by atoms with Crippen LogP contribution in [0.4, 0.5) is 5.69 Å². The molecule has 6 nitrogen and oxygen atoms in total. The van der Waals surface area contributed by atoms with Crippen molar-refractivity contribution in [3.05, 3.63) is 65.2 Å². The molecule has 0 radical (unpaired) electrons. The predicted molar refractivity (Wildman–Crippen MR) is 106 cm³/mol. The number of carbonyl (C=O) groups is 1. The summed E-state index contributed by atoms with van der Waals surface area (Å²) < 4.78 is 5.39. The fraction of sp³-hybridized carbons (Fsp3) is 0.333. The first-order chi connectivity index (χ1) is 13.2. The first-order valence-electron chi connectivity index (χ1n) is 9.01. The Balaban J connectivity index is 1.59. The van der Waals surface area contributed by atoms with Gasteiger partial charge in [0.25, 0.3) is 5.91 Å². The van der Waals surface area contributed by atoms with Crippen LogP contribution in [-0.2, 0) is 16.1 Å². The number of amides is 1. The highest BCUT2D eigenvalue weighted by molar-refractivity contribution is 5.94. The number of nitrogens with zero attached hydrogens (tertiary/aromatic N) is 3. The van der Waals surface area contributed by atoms with Crippen molar-refractivity contribution in [2.75, 3.05) is 45.4 Å². The van der Waals surface area contributed by atoms with E-state index in [1.165, 1.54) is 12.8 Å². The molecule has 1 heterocycles. The average Bonchev–Trinajstić information content (AvgIpc) is 2.73. The lowest BCUT2D eigenvalue weighted by Crippen LogP contribution is -2.36. The smallest absolute Gasteiger partial charge is 0.253 e. The summed E-state index contributed by atoms with van der Waals surface area (Å²) in [5.74, 6) is -0.0116. The van der Waals surface area contributed by atoms with Gasteiger partial charge in [-0.2, -0.15) is 0 Å². The maximum atomic E-state index is 12.6. The highest BCUT2D eigenvalue weighted by atomic mass is 16.6. The Labute approximate surface area is 160 Å². The molecular weight excluding hydrogens is 342 g/mol. The van der Waals surface area contributed by atoms with Gasteiger partial charge in [-0.25, -0.2) is 0 Å². The standard InChI is InChI=1S/C21H25N3O3/c1-23(21(25)19-7-3-17(4-8-19)15-22-26-2)16-18-5-9-20(10-6-18)24-11-13-27-14-12-24/h3-10,15H,11-14,16H2,1-2H3/b22-15+. The molecule has 1 fully saturated rings. The summed E-state index contributed by atoms with van der Waals surface area (Å²) in [6.07, 6.45) is 1.61. The lowest BCUT2D eigenvalue weighted by atomic mass is 10.1. The van der Waals surface area contributed by atoms with E-state index in [4.69, 9.17) is 4.74 Å². The molecule has 0 aromatic heterocycles. The van der Waals surface area contributed by atoms with Crippen molar-refractivity contribution in [1.82, 2.24) is 4.90 Å². The van der Waals surface area contributed by atoms with Gasteiger partial charge >= 0.3 is 0 Å². The number of rotatable bonds is 6. The molecule has 0 atom stereocenters. The summed E-state index contributed by atoms with van der Waals surface area (Å²) >= 11 is 0. The lowest BCUT2D eigenvalue weighted by Gasteiger charge is -2.29. The minimum absolute atomic E-state index is 0.0116. The van der Waals surface area contributed by atoms with Gasteiger partial charge in [-0.05, 0) is 35.4 Å². The van der Waals surface area contributed by atoms with Gasteiger partial charge in [0.05, 0.1) is 19.4 Å². The van der Waals surface area contributed by atoms with Crippen LogP contribution in [0, 0.1) is 0 Å². The molecule has 27 heavy (non-hydrogen) atoms. The van der Waals surface area contributed by atoms with Crippen LogP contribution in [0.3, 0.4) is 0 Å². The van der Waals surface area contributed by atoms with Crippen LogP contribution < -0.4 is 4.90 Å².